The van der Waals surface area contributed by atoms with Crippen LogP contribution in [0.3, 0.4) is 0 Å². The fraction of sp³-hybridized carbons (Fsp3) is 0.333. The number of benzene rings is 2. The van der Waals surface area contributed by atoms with E-state index >= 15 is 0 Å². The highest BCUT2D eigenvalue weighted by Gasteiger charge is 2.44. The maximum absolute atomic E-state index is 14.3. The second-order valence-corrected chi connectivity index (χ2v) is 5.57. The van der Waals surface area contributed by atoms with Crippen LogP contribution in [-0.2, 0) is 0 Å². The molecule has 2 aromatic carbocycles. The summed E-state index contributed by atoms with van der Waals surface area (Å²) in [5.41, 5.74) is 2.07. The van der Waals surface area contributed by atoms with Crippen LogP contribution in [0.2, 0.25) is 0 Å². The standard InChI is InChI=1S/C18H20FNO/c1-20-18(14-9-8-13(21-2)10-17(14)19)16-11-15(16)12-6-4-3-5-7-12/h3-10,15-16,18,20H,11H2,1-2H3. The van der Waals surface area contributed by atoms with Gasteiger partial charge in [-0.15, -0.1) is 0 Å². The minimum Gasteiger partial charge on any atom is -0.497 e. The summed E-state index contributed by atoms with van der Waals surface area (Å²) >= 11 is 0. The van der Waals surface area contributed by atoms with Gasteiger partial charge in [-0.2, -0.15) is 0 Å². The molecule has 1 N–H and O–H groups in total. The third-order valence-electron chi connectivity index (χ3n) is 4.35. The summed E-state index contributed by atoms with van der Waals surface area (Å²) < 4.78 is 19.3. The van der Waals surface area contributed by atoms with Crippen molar-refractivity contribution >= 4 is 0 Å². The molecule has 3 unspecified atom stereocenters. The van der Waals surface area contributed by atoms with Crippen LogP contribution < -0.4 is 10.1 Å². The van der Waals surface area contributed by atoms with E-state index in [1.807, 2.05) is 25.2 Å². The normalized spacial score (nSPS) is 21.9. The number of hydrogen-bond acceptors (Lipinski definition) is 2. The molecule has 1 aliphatic rings. The Bertz CT molecular complexity index is 614. The van der Waals surface area contributed by atoms with Gasteiger partial charge in [-0.1, -0.05) is 36.4 Å². The van der Waals surface area contributed by atoms with Gasteiger partial charge >= 0.3 is 0 Å². The lowest BCUT2D eigenvalue weighted by Crippen LogP contribution is -2.20. The van der Waals surface area contributed by atoms with Gasteiger partial charge in [-0.25, -0.2) is 4.39 Å². The second-order valence-electron chi connectivity index (χ2n) is 5.57. The number of ether oxygens (including phenoxy) is 1. The second kappa shape index (κ2) is 5.86. The van der Waals surface area contributed by atoms with Crippen molar-refractivity contribution in [1.29, 1.82) is 0 Å². The van der Waals surface area contributed by atoms with Crippen molar-refractivity contribution in [3.05, 3.63) is 65.5 Å². The summed E-state index contributed by atoms with van der Waals surface area (Å²) in [6.45, 7) is 0. The topological polar surface area (TPSA) is 21.3 Å². The number of nitrogens with one attached hydrogen (secondary N) is 1. The predicted molar refractivity (Wildman–Crippen MR) is 82.0 cm³/mol. The fourth-order valence-electron chi connectivity index (χ4n) is 3.15. The van der Waals surface area contributed by atoms with Gasteiger partial charge in [0.1, 0.15) is 11.6 Å². The molecule has 2 aromatic rings. The van der Waals surface area contributed by atoms with Gasteiger partial charge in [-0.05, 0) is 36.9 Å². The lowest BCUT2D eigenvalue weighted by atomic mass is 9.98. The van der Waals surface area contributed by atoms with E-state index in [1.165, 1.54) is 11.6 Å². The number of hydrogen-bond donors (Lipinski definition) is 1. The molecule has 3 heteroatoms. The fourth-order valence-corrected chi connectivity index (χ4v) is 3.15. The Morgan fingerprint density at radius 1 is 1.19 bits per heavy atom. The summed E-state index contributed by atoms with van der Waals surface area (Å²) in [6.07, 6.45) is 1.10. The first-order valence-electron chi connectivity index (χ1n) is 7.30. The summed E-state index contributed by atoms with van der Waals surface area (Å²) in [6, 6.07) is 15.6. The van der Waals surface area contributed by atoms with E-state index in [0.29, 0.717) is 17.6 Å². The largest absolute Gasteiger partial charge is 0.497 e. The van der Waals surface area contributed by atoms with Crippen molar-refractivity contribution in [3.8, 4) is 5.75 Å². The van der Waals surface area contributed by atoms with Gasteiger partial charge in [0, 0.05) is 17.7 Å². The Hall–Kier alpha value is -1.87. The molecular weight excluding hydrogens is 265 g/mol. The maximum atomic E-state index is 14.3. The molecule has 0 saturated heterocycles. The Labute approximate surface area is 125 Å². The Morgan fingerprint density at radius 3 is 2.57 bits per heavy atom. The molecule has 1 saturated carbocycles. The van der Waals surface area contributed by atoms with Crippen LogP contribution in [0.5, 0.6) is 5.75 Å². The van der Waals surface area contributed by atoms with Crippen molar-refractivity contribution in [2.45, 2.75) is 18.4 Å². The monoisotopic (exact) mass is 285 g/mol. The molecule has 0 amide bonds. The van der Waals surface area contributed by atoms with Crippen LogP contribution in [0, 0.1) is 11.7 Å². The highest BCUT2D eigenvalue weighted by atomic mass is 19.1. The lowest BCUT2D eigenvalue weighted by molar-refractivity contribution is 0.408. The molecule has 110 valence electrons. The smallest absolute Gasteiger partial charge is 0.131 e. The van der Waals surface area contributed by atoms with Gasteiger partial charge in [-0.3, -0.25) is 0 Å². The molecule has 0 aliphatic heterocycles. The molecule has 2 nitrogen and oxygen atoms in total. The van der Waals surface area contributed by atoms with E-state index < -0.39 is 0 Å². The molecule has 3 rings (SSSR count). The van der Waals surface area contributed by atoms with Crippen LogP contribution in [0.15, 0.2) is 48.5 Å². The number of methoxy groups -OCH3 is 1. The third kappa shape index (κ3) is 2.79. The zero-order chi connectivity index (χ0) is 14.8. The van der Waals surface area contributed by atoms with Gasteiger partial charge in [0.15, 0.2) is 0 Å². The highest BCUT2D eigenvalue weighted by molar-refractivity contribution is 5.34. The van der Waals surface area contributed by atoms with Crippen molar-refractivity contribution < 1.29 is 9.13 Å². The molecule has 0 heterocycles. The zero-order valence-electron chi connectivity index (χ0n) is 12.3. The van der Waals surface area contributed by atoms with E-state index in [-0.39, 0.29) is 11.9 Å². The number of rotatable bonds is 5. The van der Waals surface area contributed by atoms with Gasteiger partial charge in [0.05, 0.1) is 7.11 Å². The third-order valence-corrected chi connectivity index (χ3v) is 4.35. The number of halogens is 1. The molecule has 21 heavy (non-hydrogen) atoms. The minimum absolute atomic E-state index is 0.0427. The zero-order valence-corrected chi connectivity index (χ0v) is 12.3. The summed E-state index contributed by atoms with van der Waals surface area (Å²) in [5, 5.41) is 3.28. The van der Waals surface area contributed by atoms with Crippen LogP contribution in [0.4, 0.5) is 4.39 Å². The first-order valence-corrected chi connectivity index (χ1v) is 7.30. The van der Waals surface area contributed by atoms with Crippen molar-refractivity contribution in [2.75, 3.05) is 14.2 Å². The lowest BCUT2D eigenvalue weighted by Gasteiger charge is -2.18. The molecule has 0 aromatic heterocycles. The molecule has 0 bridgehead atoms. The Balaban J connectivity index is 1.81. The van der Waals surface area contributed by atoms with E-state index in [0.717, 1.165) is 12.0 Å². The Kier molecular flexibility index (Phi) is 3.93. The molecule has 0 spiro atoms. The summed E-state index contributed by atoms with van der Waals surface area (Å²) in [4.78, 5) is 0. The van der Waals surface area contributed by atoms with Crippen molar-refractivity contribution in [3.63, 3.8) is 0 Å². The first kappa shape index (κ1) is 14.1. The van der Waals surface area contributed by atoms with Gasteiger partial charge < -0.3 is 10.1 Å². The van der Waals surface area contributed by atoms with Crippen molar-refractivity contribution in [2.24, 2.45) is 5.92 Å². The van der Waals surface area contributed by atoms with Gasteiger partial charge in [0.2, 0.25) is 0 Å². The summed E-state index contributed by atoms with van der Waals surface area (Å²) in [5.74, 6) is 1.32. The van der Waals surface area contributed by atoms with E-state index in [4.69, 9.17) is 4.74 Å². The molecule has 1 fully saturated rings. The highest BCUT2D eigenvalue weighted by Crippen LogP contribution is 2.54. The summed E-state index contributed by atoms with van der Waals surface area (Å²) in [7, 11) is 3.45. The SMILES string of the molecule is CNC(c1ccc(OC)cc1F)C1CC1c1ccccc1. The van der Waals surface area contributed by atoms with Crippen LogP contribution in [-0.4, -0.2) is 14.2 Å². The quantitative estimate of drug-likeness (QED) is 0.899. The van der Waals surface area contributed by atoms with Crippen molar-refractivity contribution in [1.82, 2.24) is 5.32 Å². The van der Waals surface area contributed by atoms with Gasteiger partial charge in [0.25, 0.3) is 0 Å². The molecule has 1 aliphatic carbocycles. The average molecular weight is 285 g/mol. The minimum atomic E-state index is -0.201. The van der Waals surface area contributed by atoms with Crippen LogP contribution >= 0.6 is 0 Å². The average Bonchev–Trinajstić information content (AvgIpc) is 3.31. The van der Waals surface area contributed by atoms with E-state index in [2.05, 4.69) is 29.6 Å². The predicted octanol–water partition coefficient (Wildman–Crippen LogP) is 3.90. The van der Waals surface area contributed by atoms with Crippen LogP contribution in [0.25, 0.3) is 0 Å². The molecule has 3 atom stereocenters. The van der Waals surface area contributed by atoms with E-state index in [1.54, 1.807) is 7.11 Å². The Morgan fingerprint density at radius 2 is 1.95 bits per heavy atom. The molecule has 0 radical (unpaired) electrons. The maximum Gasteiger partial charge on any atom is 0.131 e. The van der Waals surface area contributed by atoms with E-state index in [9.17, 15) is 4.39 Å². The van der Waals surface area contributed by atoms with Crippen LogP contribution in [0.1, 0.15) is 29.5 Å². The first-order chi connectivity index (χ1) is 10.2. The molecular formula is C18H20FNO.